The van der Waals surface area contributed by atoms with Crippen molar-refractivity contribution in [1.29, 1.82) is 5.26 Å². The summed E-state index contributed by atoms with van der Waals surface area (Å²) in [5.41, 5.74) is 0.558. The van der Waals surface area contributed by atoms with E-state index >= 15 is 0 Å². The van der Waals surface area contributed by atoms with Crippen molar-refractivity contribution >= 4 is 38.0 Å². The van der Waals surface area contributed by atoms with Gasteiger partial charge in [0.25, 0.3) is 0 Å². The fourth-order valence-electron chi connectivity index (χ4n) is 3.61. The lowest BCUT2D eigenvalue weighted by Gasteiger charge is -2.17. The maximum Gasteiger partial charge on any atom is 0.245 e. The van der Waals surface area contributed by atoms with Gasteiger partial charge in [-0.1, -0.05) is 30.3 Å². The zero-order chi connectivity index (χ0) is 21.3. The Bertz CT molecular complexity index is 1260. The van der Waals surface area contributed by atoms with Gasteiger partial charge in [-0.05, 0) is 23.9 Å². The summed E-state index contributed by atoms with van der Waals surface area (Å²) in [4.78, 5) is 15.3. The predicted molar refractivity (Wildman–Crippen MR) is 114 cm³/mol. The predicted octanol–water partition coefficient (Wildman–Crippen LogP) is 2.86. The van der Waals surface area contributed by atoms with Gasteiger partial charge in [-0.2, -0.15) is 9.98 Å². The monoisotopic (exact) mass is 441 g/mol. The molecule has 1 aliphatic heterocycles. The fraction of sp³-hybridized carbons (Fsp3) is 0.238. The maximum atomic E-state index is 13.1. The first kappa shape index (κ1) is 20.3. The molecule has 0 unspecified atom stereocenters. The molecule has 1 fully saturated rings. The van der Waals surface area contributed by atoms with Crippen molar-refractivity contribution in [2.24, 2.45) is 0 Å². The van der Waals surface area contributed by atoms with Gasteiger partial charge in [-0.25, -0.2) is 8.42 Å². The summed E-state index contributed by atoms with van der Waals surface area (Å²) in [7, 11) is -2.54. The number of sulfonamides is 1. The summed E-state index contributed by atoms with van der Waals surface area (Å²) >= 11 is 1.41. The van der Waals surface area contributed by atoms with E-state index in [-0.39, 0.29) is 16.6 Å². The minimum absolute atomic E-state index is 0.00636. The minimum Gasteiger partial charge on any atom is -0.495 e. The Kier molecular flexibility index (Phi) is 5.47. The number of benzene rings is 2. The lowest BCUT2D eigenvalue weighted by molar-refractivity contribution is -0.129. The standard InChI is InChI=1S/C21H19N3O4S2/c1-28-20-17-5-3-2-4-15(17)6-7-19(20)30(26,27)23-18-8-9-24(21(18)25)12-16-10-14(11-22)13-29-16/h2-7,10,13,18,23H,8-9,12H2,1H3/t18-/m0/s1. The van der Waals surface area contributed by atoms with Crippen molar-refractivity contribution in [3.05, 3.63) is 58.3 Å². The molecule has 154 valence electrons. The molecule has 30 heavy (non-hydrogen) atoms. The zero-order valence-corrected chi connectivity index (χ0v) is 17.8. The Morgan fingerprint density at radius 3 is 2.83 bits per heavy atom. The number of thiophene rings is 1. The average Bonchev–Trinajstić information content (AvgIpc) is 3.34. The lowest BCUT2D eigenvalue weighted by Crippen LogP contribution is -2.41. The highest BCUT2D eigenvalue weighted by molar-refractivity contribution is 7.89. The zero-order valence-electron chi connectivity index (χ0n) is 16.2. The molecule has 1 aliphatic rings. The van der Waals surface area contributed by atoms with E-state index in [1.807, 2.05) is 18.2 Å². The van der Waals surface area contributed by atoms with E-state index in [1.165, 1.54) is 24.5 Å². The van der Waals surface area contributed by atoms with Crippen LogP contribution in [0.3, 0.4) is 0 Å². The minimum atomic E-state index is -3.97. The molecule has 1 aromatic heterocycles. The average molecular weight is 442 g/mol. The highest BCUT2D eigenvalue weighted by Gasteiger charge is 2.36. The van der Waals surface area contributed by atoms with Gasteiger partial charge in [-0.15, -0.1) is 11.3 Å². The molecule has 0 radical (unpaired) electrons. The molecular formula is C21H19N3O4S2. The Balaban J connectivity index is 1.55. The number of carbonyl (C=O) groups excluding carboxylic acids is 1. The molecule has 1 amide bonds. The number of hydrogen-bond acceptors (Lipinski definition) is 6. The molecular weight excluding hydrogens is 422 g/mol. The highest BCUT2D eigenvalue weighted by Crippen LogP contribution is 2.33. The van der Waals surface area contributed by atoms with E-state index < -0.39 is 16.1 Å². The van der Waals surface area contributed by atoms with Crippen LogP contribution in [0.2, 0.25) is 0 Å². The normalized spacial score (nSPS) is 16.7. The molecule has 1 saturated heterocycles. The summed E-state index contributed by atoms with van der Waals surface area (Å²) in [6, 6.07) is 13.6. The van der Waals surface area contributed by atoms with Crippen LogP contribution < -0.4 is 9.46 Å². The van der Waals surface area contributed by atoms with E-state index in [9.17, 15) is 13.2 Å². The van der Waals surface area contributed by atoms with Gasteiger partial charge < -0.3 is 9.64 Å². The number of carbonyl (C=O) groups is 1. The third-order valence-corrected chi connectivity index (χ3v) is 7.48. The van der Waals surface area contributed by atoms with Crippen molar-refractivity contribution in [1.82, 2.24) is 9.62 Å². The third kappa shape index (κ3) is 3.77. The first-order chi connectivity index (χ1) is 14.4. The number of rotatable bonds is 6. The van der Waals surface area contributed by atoms with Crippen molar-refractivity contribution in [2.45, 2.75) is 23.9 Å². The molecule has 2 aromatic carbocycles. The molecule has 1 atom stereocenters. The summed E-state index contributed by atoms with van der Waals surface area (Å²) in [6.45, 7) is 0.809. The van der Waals surface area contributed by atoms with Crippen LogP contribution in [-0.2, 0) is 21.4 Å². The largest absolute Gasteiger partial charge is 0.495 e. The van der Waals surface area contributed by atoms with Crippen LogP contribution in [0, 0.1) is 11.3 Å². The van der Waals surface area contributed by atoms with Crippen LogP contribution >= 0.6 is 11.3 Å². The number of nitriles is 1. The number of hydrogen-bond donors (Lipinski definition) is 1. The van der Waals surface area contributed by atoms with E-state index in [0.717, 1.165) is 10.3 Å². The van der Waals surface area contributed by atoms with E-state index in [0.29, 0.717) is 30.5 Å². The summed E-state index contributed by atoms with van der Waals surface area (Å²) in [6.07, 6.45) is 0.379. The first-order valence-electron chi connectivity index (χ1n) is 9.27. The molecule has 4 rings (SSSR count). The quantitative estimate of drug-likeness (QED) is 0.634. The number of nitrogens with zero attached hydrogens (tertiary/aromatic N) is 2. The second-order valence-electron chi connectivity index (χ2n) is 6.95. The maximum absolute atomic E-state index is 13.1. The Morgan fingerprint density at radius 2 is 2.10 bits per heavy atom. The Morgan fingerprint density at radius 1 is 1.30 bits per heavy atom. The second-order valence-corrected chi connectivity index (χ2v) is 9.63. The van der Waals surface area contributed by atoms with E-state index in [2.05, 4.69) is 10.8 Å². The van der Waals surface area contributed by atoms with E-state index in [1.54, 1.807) is 28.5 Å². The summed E-state index contributed by atoms with van der Waals surface area (Å²) < 4.78 is 34.1. The van der Waals surface area contributed by atoms with Crippen LogP contribution in [-0.4, -0.2) is 38.9 Å². The highest BCUT2D eigenvalue weighted by atomic mass is 32.2. The number of methoxy groups -OCH3 is 1. The van der Waals surface area contributed by atoms with Gasteiger partial charge in [0.1, 0.15) is 22.8 Å². The van der Waals surface area contributed by atoms with Crippen molar-refractivity contribution in [2.75, 3.05) is 13.7 Å². The number of fused-ring (bicyclic) bond motifs is 1. The molecule has 9 heteroatoms. The van der Waals surface area contributed by atoms with Crippen molar-refractivity contribution in [3.8, 4) is 11.8 Å². The molecule has 0 spiro atoms. The number of ether oxygens (including phenoxy) is 1. The number of likely N-dealkylation sites (tertiary alicyclic amines) is 1. The van der Waals surface area contributed by atoms with Crippen molar-refractivity contribution < 1.29 is 17.9 Å². The van der Waals surface area contributed by atoms with Crippen LogP contribution in [0.5, 0.6) is 5.75 Å². The van der Waals surface area contributed by atoms with Crippen LogP contribution in [0.4, 0.5) is 0 Å². The number of amides is 1. The molecule has 3 aromatic rings. The van der Waals surface area contributed by atoms with Gasteiger partial charge in [0.15, 0.2) is 0 Å². The molecule has 7 nitrogen and oxygen atoms in total. The summed E-state index contributed by atoms with van der Waals surface area (Å²) in [5, 5.41) is 12.2. The second kappa shape index (κ2) is 8.07. The summed E-state index contributed by atoms with van der Waals surface area (Å²) in [5.74, 6) is -0.0178. The molecule has 0 saturated carbocycles. The van der Waals surface area contributed by atoms with Crippen LogP contribution in [0.1, 0.15) is 16.9 Å². The first-order valence-corrected chi connectivity index (χ1v) is 11.6. The fourth-order valence-corrected chi connectivity index (χ4v) is 5.84. The van der Waals surface area contributed by atoms with Gasteiger partial charge in [0.05, 0.1) is 19.2 Å². The molecule has 0 aliphatic carbocycles. The smallest absolute Gasteiger partial charge is 0.245 e. The van der Waals surface area contributed by atoms with Gasteiger partial charge in [0, 0.05) is 22.2 Å². The SMILES string of the molecule is COc1c(S(=O)(=O)N[C@H]2CCN(Cc3cc(C#N)cs3)C2=O)ccc2ccccc12. The molecule has 1 N–H and O–H groups in total. The Hall–Kier alpha value is -2.93. The molecule has 2 heterocycles. The topological polar surface area (TPSA) is 99.5 Å². The van der Waals surface area contributed by atoms with E-state index in [4.69, 9.17) is 10.00 Å². The van der Waals surface area contributed by atoms with Gasteiger partial charge in [-0.3, -0.25) is 4.79 Å². The van der Waals surface area contributed by atoms with Gasteiger partial charge in [0.2, 0.25) is 15.9 Å². The van der Waals surface area contributed by atoms with Crippen molar-refractivity contribution in [3.63, 3.8) is 0 Å². The van der Waals surface area contributed by atoms with Crippen LogP contribution in [0.15, 0.2) is 52.7 Å². The lowest BCUT2D eigenvalue weighted by atomic mass is 10.1. The third-order valence-electron chi connectivity index (χ3n) is 5.06. The van der Waals surface area contributed by atoms with Crippen LogP contribution in [0.25, 0.3) is 10.8 Å². The Labute approximate surface area is 178 Å². The number of nitrogens with one attached hydrogen (secondary N) is 1. The molecule has 0 bridgehead atoms. The van der Waals surface area contributed by atoms with Gasteiger partial charge >= 0.3 is 0 Å².